The van der Waals surface area contributed by atoms with E-state index >= 15 is 0 Å². The normalized spacial score (nSPS) is 16.4. The molecule has 1 fully saturated rings. The number of amidine groups is 1. The summed E-state index contributed by atoms with van der Waals surface area (Å²) in [7, 11) is -0.0527. The van der Waals surface area contributed by atoms with Crippen molar-refractivity contribution in [3.63, 3.8) is 0 Å². The minimum Gasteiger partial charge on any atom is -0.417 e. The summed E-state index contributed by atoms with van der Waals surface area (Å²) in [5, 5.41) is 3.65. The molecule has 0 saturated carbocycles. The van der Waals surface area contributed by atoms with E-state index in [4.69, 9.17) is 4.43 Å². The molecule has 2 aliphatic heterocycles. The lowest BCUT2D eigenvalue weighted by Crippen LogP contribution is -2.41. The maximum absolute atomic E-state index is 13.8. The number of carbonyl (C=O) groups excluding carboxylic acids is 2. The van der Waals surface area contributed by atoms with Crippen LogP contribution in [0.3, 0.4) is 0 Å². The Morgan fingerprint density at radius 2 is 1.70 bits per heavy atom. The quantitative estimate of drug-likeness (QED) is 0.226. The Morgan fingerprint density at radius 3 is 2.33 bits per heavy atom. The van der Waals surface area contributed by atoms with Crippen LogP contribution in [-0.2, 0) is 9.22 Å². The average Bonchev–Trinajstić information content (AvgIpc) is 3.45. The van der Waals surface area contributed by atoms with Crippen LogP contribution in [0.2, 0.25) is 18.1 Å². The number of anilines is 1. The van der Waals surface area contributed by atoms with Crippen molar-refractivity contribution in [2.24, 2.45) is 4.99 Å². The maximum atomic E-state index is 13.8. The number of rotatable bonds is 10. The molecule has 1 saturated heterocycles. The molecule has 0 atom stereocenters. The molecule has 8 heteroatoms. The zero-order chi connectivity index (χ0) is 31.2. The first kappa shape index (κ1) is 32.7. The summed E-state index contributed by atoms with van der Waals surface area (Å²) >= 11 is 0. The Morgan fingerprint density at radius 1 is 1.02 bits per heavy atom. The van der Waals surface area contributed by atoms with Crippen molar-refractivity contribution in [3.05, 3.63) is 59.2 Å². The van der Waals surface area contributed by atoms with Crippen LogP contribution in [0.25, 0.3) is 17.2 Å². The molecule has 4 rings (SSSR count). The second-order valence-corrected chi connectivity index (χ2v) is 18.1. The Bertz CT molecular complexity index is 1350. The van der Waals surface area contributed by atoms with E-state index < -0.39 is 8.32 Å². The standard InChI is InChI=1S/C35H50N4O3Si/c1-8-18-38(21-11-22-42-43(6,7)35(2,3)4)34(41)30-23-29-17-16-28(24-31(29)37-32(25-30)36-5)26-12-14-27(15-13-26)33(40)39-19-9-10-20-39/h12-17,23-24H,8-11,18-22,25H2,1-7H3,(H,36,37). The van der Waals surface area contributed by atoms with E-state index in [1.165, 1.54) is 0 Å². The zero-order valence-electron chi connectivity index (χ0n) is 27.3. The predicted octanol–water partition coefficient (Wildman–Crippen LogP) is 7.47. The molecule has 2 aromatic carbocycles. The van der Waals surface area contributed by atoms with Crippen LogP contribution in [0.1, 0.15) is 75.7 Å². The molecule has 232 valence electrons. The first-order valence-corrected chi connectivity index (χ1v) is 18.7. The number of benzene rings is 2. The number of amides is 2. The molecule has 0 bridgehead atoms. The number of fused-ring (bicyclic) bond motifs is 1. The highest BCUT2D eigenvalue weighted by Gasteiger charge is 2.37. The van der Waals surface area contributed by atoms with Crippen molar-refractivity contribution in [1.82, 2.24) is 9.80 Å². The van der Waals surface area contributed by atoms with Gasteiger partial charge in [-0.2, -0.15) is 0 Å². The van der Waals surface area contributed by atoms with Crippen LogP contribution in [0.4, 0.5) is 5.69 Å². The van der Waals surface area contributed by atoms with E-state index in [0.717, 1.165) is 78.1 Å². The van der Waals surface area contributed by atoms with Crippen molar-refractivity contribution < 1.29 is 14.0 Å². The third-order valence-corrected chi connectivity index (χ3v) is 13.6. The van der Waals surface area contributed by atoms with Gasteiger partial charge in [0.2, 0.25) is 5.91 Å². The SMILES string of the molecule is CCCN(CCCO[Si](C)(C)C(C)(C)C)C(=O)C1=Cc2ccc(-c3ccc(C(=O)N4CCCC4)cc3)cc2NC(=NC)C1. The highest BCUT2D eigenvalue weighted by molar-refractivity contribution is 6.74. The molecule has 2 heterocycles. The second-order valence-electron chi connectivity index (χ2n) is 13.3. The third-order valence-electron chi connectivity index (χ3n) is 9.05. The van der Waals surface area contributed by atoms with Gasteiger partial charge in [0.1, 0.15) is 5.84 Å². The number of nitrogens with zero attached hydrogens (tertiary/aromatic N) is 3. The minimum atomic E-state index is -1.81. The van der Waals surface area contributed by atoms with Gasteiger partial charge in [-0.25, -0.2) is 0 Å². The lowest BCUT2D eigenvalue weighted by Gasteiger charge is -2.36. The Labute approximate surface area is 259 Å². The molecule has 2 amide bonds. The van der Waals surface area contributed by atoms with Gasteiger partial charge < -0.3 is 19.5 Å². The summed E-state index contributed by atoms with van der Waals surface area (Å²) in [6, 6.07) is 14.1. The molecular formula is C35H50N4O3Si. The van der Waals surface area contributed by atoms with E-state index in [0.29, 0.717) is 26.1 Å². The van der Waals surface area contributed by atoms with E-state index in [1.807, 2.05) is 40.1 Å². The van der Waals surface area contributed by atoms with E-state index in [1.54, 1.807) is 7.05 Å². The largest absolute Gasteiger partial charge is 0.417 e. The van der Waals surface area contributed by atoms with Gasteiger partial charge in [0.25, 0.3) is 5.91 Å². The monoisotopic (exact) mass is 602 g/mol. The van der Waals surface area contributed by atoms with Gasteiger partial charge in [0.15, 0.2) is 8.32 Å². The molecule has 7 nitrogen and oxygen atoms in total. The lowest BCUT2D eigenvalue weighted by atomic mass is 10.00. The van der Waals surface area contributed by atoms with Crippen molar-refractivity contribution in [1.29, 1.82) is 0 Å². The highest BCUT2D eigenvalue weighted by Crippen LogP contribution is 2.36. The van der Waals surface area contributed by atoms with Crippen LogP contribution >= 0.6 is 0 Å². The zero-order valence-corrected chi connectivity index (χ0v) is 28.3. The molecule has 1 N–H and O–H groups in total. The van der Waals surface area contributed by atoms with Crippen LogP contribution in [0.15, 0.2) is 53.0 Å². The first-order chi connectivity index (χ1) is 20.4. The smallest absolute Gasteiger partial charge is 0.253 e. The highest BCUT2D eigenvalue weighted by atomic mass is 28.4. The second kappa shape index (κ2) is 14.0. The molecule has 2 aromatic rings. The summed E-state index contributed by atoms with van der Waals surface area (Å²) in [5.74, 6) is 0.936. The van der Waals surface area contributed by atoms with Gasteiger partial charge in [0, 0.05) is 63.1 Å². The summed E-state index contributed by atoms with van der Waals surface area (Å²) in [6.45, 7) is 17.1. The Kier molecular flexibility index (Phi) is 10.7. The summed E-state index contributed by atoms with van der Waals surface area (Å²) in [5.41, 5.74) is 5.43. The van der Waals surface area contributed by atoms with E-state index in [-0.39, 0.29) is 16.9 Å². The molecule has 0 radical (unpaired) electrons. The van der Waals surface area contributed by atoms with Crippen molar-refractivity contribution in [2.45, 2.75) is 77.9 Å². The molecule has 0 aromatic heterocycles. The van der Waals surface area contributed by atoms with Crippen LogP contribution in [-0.4, -0.2) is 75.6 Å². The lowest BCUT2D eigenvalue weighted by molar-refractivity contribution is -0.127. The summed E-state index contributed by atoms with van der Waals surface area (Å²) < 4.78 is 6.38. The van der Waals surface area contributed by atoms with Gasteiger partial charge in [-0.3, -0.25) is 14.6 Å². The number of carbonyl (C=O) groups is 2. The topological polar surface area (TPSA) is 74.2 Å². The number of likely N-dealkylation sites (tertiary alicyclic amines) is 1. The molecule has 0 unspecified atom stereocenters. The Balaban J connectivity index is 1.50. The van der Waals surface area contributed by atoms with Gasteiger partial charge in [-0.05, 0) is 84.8 Å². The summed E-state index contributed by atoms with van der Waals surface area (Å²) in [4.78, 5) is 35.0. The maximum Gasteiger partial charge on any atom is 0.253 e. The number of nitrogens with one attached hydrogen (secondary N) is 1. The van der Waals surface area contributed by atoms with Gasteiger partial charge in [0.05, 0.1) is 0 Å². The molecule has 0 aliphatic carbocycles. The first-order valence-electron chi connectivity index (χ1n) is 15.8. The predicted molar refractivity (Wildman–Crippen MR) is 181 cm³/mol. The molecule has 43 heavy (non-hydrogen) atoms. The summed E-state index contributed by atoms with van der Waals surface area (Å²) in [6.07, 6.45) is 6.35. The fraction of sp³-hybridized carbons (Fsp3) is 0.514. The number of hydrogen-bond acceptors (Lipinski definition) is 4. The van der Waals surface area contributed by atoms with E-state index in [2.05, 4.69) is 69.3 Å². The molecule has 2 aliphatic rings. The minimum absolute atomic E-state index is 0.0623. The van der Waals surface area contributed by atoms with Gasteiger partial charge >= 0.3 is 0 Å². The van der Waals surface area contributed by atoms with Crippen molar-refractivity contribution in [2.75, 3.05) is 45.2 Å². The van der Waals surface area contributed by atoms with Gasteiger partial charge in [-0.1, -0.05) is 52.0 Å². The third kappa shape index (κ3) is 8.03. The van der Waals surface area contributed by atoms with Crippen LogP contribution in [0.5, 0.6) is 0 Å². The number of hydrogen-bond donors (Lipinski definition) is 1. The van der Waals surface area contributed by atoms with Crippen LogP contribution in [0, 0.1) is 0 Å². The van der Waals surface area contributed by atoms with Crippen molar-refractivity contribution in [3.8, 4) is 11.1 Å². The van der Waals surface area contributed by atoms with Gasteiger partial charge in [-0.15, -0.1) is 0 Å². The van der Waals surface area contributed by atoms with Crippen LogP contribution < -0.4 is 5.32 Å². The average molecular weight is 603 g/mol. The van der Waals surface area contributed by atoms with E-state index in [9.17, 15) is 9.59 Å². The molecule has 0 spiro atoms. The van der Waals surface area contributed by atoms with Crippen molar-refractivity contribution >= 4 is 37.7 Å². The Hall–Kier alpha value is -3.23. The fourth-order valence-electron chi connectivity index (χ4n) is 5.36. The molecular weight excluding hydrogens is 552 g/mol. The fourth-order valence-corrected chi connectivity index (χ4v) is 6.44. The number of aliphatic imine (C=N–C) groups is 1.